The molecule has 2 atom stereocenters. The number of carbonyl (C=O) groups is 1. The van der Waals surface area contributed by atoms with Gasteiger partial charge in [0.2, 0.25) is 0 Å². The molecule has 0 aliphatic heterocycles. The van der Waals surface area contributed by atoms with E-state index in [-0.39, 0.29) is 11.9 Å². The van der Waals surface area contributed by atoms with E-state index in [4.69, 9.17) is 4.74 Å². The molecule has 0 N–H and O–H groups in total. The molecule has 0 fully saturated rings. The van der Waals surface area contributed by atoms with E-state index in [0.29, 0.717) is 12.5 Å². The van der Waals surface area contributed by atoms with Gasteiger partial charge in [0.15, 0.2) is 0 Å². The van der Waals surface area contributed by atoms with Crippen molar-refractivity contribution in [3.05, 3.63) is 0 Å². The van der Waals surface area contributed by atoms with E-state index >= 15 is 0 Å². The molecule has 2 nitrogen and oxygen atoms in total. The van der Waals surface area contributed by atoms with Gasteiger partial charge in [0.05, 0.1) is 12.5 Å². The smallest absolute Gasteiger partial charge is 0.308 e. The van der Waals surface area contributed by atoms with Gasteiger partial charge in [-0.3, -0.25) is 4.79 Å². The zero-order chi connectivity index (χ0) is 22.3. The van der Waals surface area contributed by atoms with Crippen LogP contribution in [0.2, 0.25) is 0 Å². The third-order valence-corrected chi connectivity index (χ3v) is 6.54. The minimum Gasteiger partial charge on any atom is -0.465 e. The highest BCUT2D eigenvalue weighted by Crippen LogP contribution is 2.23. The Balaban J connectivity index is 4.43. The molecule has 0 saturated heterocycles. The molecular weight excluding hydrogens is 368 g/mol. The van der Waals surface area contributed by atoms with Gasteiger partial charge in [-0.2, -0.15) is 0 Å². The van der Waals surface area contributed by atoms with Gasteiger partial charge in [-0.05, 0) is 31.6 Å². The molecule has 0 rings (SSSR count). The van der Waals surface area contributed by atoms with Gasteiger partial charge in [-0.15, -0.1) is 0 Å². The van der Waals surface area contributed by atoms with Crippen LogP contribution in [0.15, 0.2) is 0 Å². The zero-order valence-electron chi connectivity index (χ0n) is 21.3. The average Bonchev–Trinajstić information content (AvgIpc) is 2.76. The fourth-order valence-electron chi connectivity index (χ4n) is 4.35. The van der Waals surface area contributed by atoms with Crippen LogP contribution in [0.3, 0.4) is 0 Å². The average molecular weight is 425 g/mol. The summed E-state index contributed by atoms with van der Waals surface area (Å²) < 4.78 is 5.93. The van der Waals surface area contributed by atoms with E-state index in [2.05, 4.69) is 27.7 Å². The predicted molar refractivity (Wildman–Crippen MR) is 133 cm³/mol. The molecule has 180 valence electrons. The lowest BCUT2D eigenvalue weighted by Gasteiger charge is -2.20. The monoisotopic (exact) mass is 424 g/mol. The molecule has 0 aromatic rings. The van der Waals surface area contributed by atoms with Gasteiger partial charge in [-0.1, -0.05) is 130 Å². The van der Waals surface area contributed by atoms with Crippen LogP contribution < -0.4 is 0 Å². The number of hydrogen-bond donors (Lipinski definition) is 0. The summed E-state index contributed by atoms with van der Waals surface area (Å²) >= 11 is 0. The summed E-state index contributed by atoms with van der Waals surface area (Å²) in [6, 6.07) is 0. The molecule has 0 aliphatic rings. The lowest BCUT2D eigenvalue weighted by molar-refractivity contribution is -0.150. The fourth-order valence-corrected chi connectivity index (χ4v) is 4.35. The van der Waals surface area contributed by atoms with Crippen LogP contribution in [0.5, 0.6) is 0 Å². The molecule has 0 heterocycles. The predicted octanol–water partition coefficient (Wildman–Crippen LogP) is 9.64. The third kappa shape index (κ3) is 18.3. The minimum atomic E-state index is 0.107. The van der Waals surface area contributed by atoms with E-state index in [1.807, 2.05) is 0 Å². The molecule has 2 unspecified atom stereocenters. The third-order valence-electron chi connectivity index (χ3n) is 6.54. The standard InChI is InChI=1S/C28H56O2/c1-5-9-13-16-17-20-24-27(23-19-15-11-7-3)28(29)30-25-26(21-12-8-4)22-18-14-10-6-2/h26-27H,5-25H2,1-4H3. The number of hydrogen-bond acceptors (Lipinski definition) is 2. The van der Waals surface area contributed by atoms with Crippen molar-refractivity contribution in [1.29, 1.82) is 0 Å². The van der Waals surface area contributed by atoms with Crippen molar-refractivity contribution >= 4 is 5.97 Å². The van der Waals surface area contributed by atoms with Crippen LogP contribution in [0.1, 0.15) is 156 Å². The Hall–Kier alpha value is -0.530. The van der Waals surface area contributed by atoms with Crippen LogP contribution >= 0.6 is 0 Å². The number of unbranched alkanes of at least 4 members (excludes halogenated alkanes) is 12. The Morgan fingerprint density at radius 3 is 1.47 bits per heavy atom. The van der Waals surface area contributed by atoms with Crippen molar-refractivity contribution in [3.63, 3.8) is 0 Å². The molecule has 0 amide bonds. The first kappa shape index (κ1) is 29.5. The first-order valence-corrected chi connectivity index (χ1v) is 13.9. The van der Waals surface area contributed by atoms with Gasteiger partial charge >= 0.3 is 5.97 Å². The van der Waals surface area contributed by atoms with Crippen molar-refractivity contribution in [3.8, 4) is 0 Å². The van der Waals surface area contributed by atoms with Crippen LogP contribution in [0, 0.1) is 11.8 Å². The lowest BCUT2D eigenvalue weighted by Crippen LogP contribution is -2.22. The molecule has 2 heteroatoms. The first-order valence-electron chi connectivity index (χ1n) is 13.9. The normalized spacial score (nSPS) is 13.3. The van der Waals surface area contributed by atoms with Crippen molar-refractivity contribution < 1.29 is 9.53 Å². The molecule has 0 aromatic heterocycles. The van der Waals surface area contributed by atoms with E-state index in [9.17, 15) is 4.79 Å². The first-order chi connectivity index (χ1) is 14.7. The van der Waals surface area contributed by atoms with E-state index in [1.165, 1.54) is 116 Å². The Kier molecular flexibility index (Phi) is 22.7. The van der Waals surface area contributed by atoms with Crippen molar-refractivity contribution in [1.82, 2.24) is 0 Å². The molecule has 0 radical (unpaired) electrons. The van der Waals surface area contributed by atoms with Crippen molar-refractivity contribution in [2.24, 2.45) is 11.8 Å². The SMILES string of the molecule is CCCCCCCCC(CCCCCC)C(=O)OCC(CCCC)CCCCCC. The van der Waals surface area contributed by atoms with Crippen LogP contribution in [-0.4, -0.2) is 12.6 Å². The maximum absolute atomic E-state index is 12.9. The minimum absolute atomic E-state index is 0.107. The molecule has 30 heavy (non-hydrogen) atoms. The Labute approximate surface area is 190 Å². The van der Waals surface area contributed by atoms with Crippen molar-refractivity contribution in [2.75, 3.05) is 6.61 Å². The topological polar surface area (TPSA) is 26.3 Å². The van der Waals surface area contributed by atoms with Crippen LogP contribution in [0.25, 0.3) is 0 Å². The summed E-state index contributed by atoms with van der Waals surface area (Å²) in [5.41, 5.74) is 0. The van der Waals surface area contributed by atoms with Gasteiger partial charge in [0.25, 0.3) is 0 Å². The van der Waals surface area contributed by atoms with Gasteiger partial charge in [0, 0.05) is 0 Å². The molecule has 0 aromatic carbocycles. The molecule has 0 spiro atoms. The Morgan fingerprint density at radius 1 is 0.533 bits per heavy atom. The summed E-state index contributed by atoms with van der Waals surface area (Å²) in [4.78, 5) is 12.9. The second-order valence-electron chi connectivity index (χ2n) is 9.59. The Morgan fingerprint density at radius 2 is 0.933 bits per heavy atom. The Bertz CT molecular complexity index is 353. The molecule has 0 saturated carbocycles. The van der Waals surface area contributed by atoms with Crippen LogP contribution in [0.4, 0.5) is 0 Å². The van der Waals surface area contributed by atoms with Gasteiger partial charge < -0.3 is 4.74 Å². The highest BCUT2D eigenvalue weighted by Gasteiger charge is 2.21. The zero-order valence-corrected chi connectivity index (χ0v) is 21.3. The number of esters is 1. The highest BCUT2D eigenvalue weighted by atomic mass is 16.5. The van der Waals surface area contributed by atoms with Crippen LogP contribution in [-0.2, 0) is 9.53 Å². The number of rotatable bonds is 23. The number of ether oxygens (including phenoxy) is 1. The summed E-state index contributed by atoms with van der Waals surface area (Å²) in [5.74, 6) is 0.815. The lowest BCUT2D eigenvalue weighted by atomic mass is 9.93. The second-order valence-corrected chi connectivity index (χ2v) is 9.59. The quantitative estimate of drug-likeness (QED) is 0.120. The summed E-state index contributed by atoms with van der Waals surface area (Å²) in [7, 11) is 0. The number of carbonyl (C=O) groups excluding carboxylic acids is 1. The maximum atomic E-state index is 12.9. The van der Waals surface area contributed by atoms with Gasteiger partial charge in [0.1, 0.15) is 0 Å². The van der Waals surface area contributed by atoms with E-state index in [0.717, 1.165) is 12.8 Å². The molecule has 0 aliphatic carbocycles. The summed E-state index contributed by atoms with van der Waals surface area (Å²) in [6.45, 7) is 9.69. The maximum Gasteiger partial charge on any atom is 0.308 e. The van der Waals surface area contributed by atoms with E-state index < -0.39 is 0 Å². The van der Waals surface area contributed by atoms with Crippen molar-refractivity contribution in [2.45, 2.75) is 156 Å². The highest BCUT2D eigenvalue weighted by molar-refractivity contribution is 5.72. The summed E-state index contributed by atoms with van der Waals surface area (Å²) in [6.07, 6.45) is 25.0. The fraction of sp³-hybridized carbons (Fsp3) is 0.964. The largest absolute Gasteiger partial charge is 0.465 e. The second kappa shape index (κ2) is 23.1. The van der Waals surface area contributed by atoms with E-state index in [1.54, 1.807) is 0 Å². The molecule has 0 bridgehead atoms. The molecular formula is C28H56O2. The van der Waals surface area contributed by atoms with Gasteiger partial charge in [-0.25, -0.2) is 0 Å². The summed E-state index contributed by atoms with van der Waals surface area (Å²) in [5, 5.41) is 0.